The molecule has 0 aromatic heterocycles. The van der Waals surface area contributed by atoms with Gasteiger partial charge in [0.25, 0.3) is 0 Å². The molecule has 0 fully saturated rings. The zero-order valence-corrected chi connectivity index (χ0v) is 12.5. The first kappa shape index (κ1) is 14.1. The maximum Gasteiger partial charge on any atom is 0.0411 e. The van der Waals surface area contributed by atoms with Crippen LogP contribution in [0.5, 0.6) is 0 Å². The standard InChI is InChI=1S/C17H20ClN/c1-12-5-4-6-14(7-12)10-17(19-3)15-8-13(2)9-16(18)11-15/h4-9,11,17,19H,10H2,1-3H3. The molecule has 100 valence electrons. The molecule has 0 aliphatic rings. The van der Waals surface area contributed by atoms with E-state index >= 15 is 0 Å². The van der Waals surface area contributed by atoms with Gasteiger partial charge >= 0.3 is 0 Å². The summed E-state index contributed by atoms with van der Waals surface area (Å²) in [5.74, 6) is 0. The third-order valence-corrected chi connectivity index (χ3v) is 3.56. The van der Waals surface area contributed by atoms with Gasteiger partial charge in [-0.2, -0.15) is 0 Å². The monoisotopic (exact) mass is 273 g/mol. The Morgan fingerprint density at radius 3 is 2.47 bits per heavy atom. The molecule has 0 saturated heterocycles. The average Bonchev–Trinajstić information content (AvgIpc) is 2.34. The Bertz CT molecular complexity index is 543. The smallest absolute Gasteiger partial charge is 0.0411 e. The van der Waals surface area contributed by atoms with Gasteiger partial charge in [0.2, 0.25) is 0 Å². The highest BCUT2D eigenvalue weighted by molar-refractivity contribution is 6.30. The van der Waals surface area contributed by atoms with E-state index < -0.39 is 0 Å². The lowest BCUT2D eigenvalue weighted by molar-refractivity contribution is 0.591. The third kappa shape index (κ3) is 3.82. The number of halogens is 1. The maximum atomic E-state index is 6.15. The van der Waals surface area contributed by atoms with Gasteiger partial charge < -0.3 is 5.32 Å². The van der Waals surface area contributed by atoms with Crippen molar-refractivity contribution < 1.29 is 0 Å². The highest BCUT2D eigenvalue weighted by Gasteiger charge is 2.11. The minimum Gasteiger partial charge on any atom is -0.313 e. The molecule has 1 atom stereocenters. The van der Waals surface area contributed by atoms with Crippen molar-refractivity contribution in [2.45, 2.75) is 26.3 Å². The van der Waals surface area contributed by atoms with Gasteiger partial charge in [-0.25, -0.2) is 0 Å². The first-order valence-corrected chi connectivity index (χ1v) is 6.96. The van der Waals surface area contributed by atoms with Gasteiger partial charge in [-0.3, -0.25) is 0 Å². The maximum absolute atomic E-state index is 6.15. The predicted octanol–water partition coefficient (Wildman–Crippen LogP) is 4.46. The molecule has 0 heterocycles. The Hall–Kier alpha value is -1.31. The molecule has 2 heteroatoms. The van der Waals surface area contributed by atoms with Crippen molar-refractivity contribution in [3.8, 4) is 0 Å². The summed E-state index contributed by atoms with van der Waals surface area (Å²) in [6.07, 6.45) is 0.970. The van der Waals surface area contributed by atoms with Gasteiger partial charge in [0, 0.05) is 11.1 Å². The number of nitrogens with one attached hydrogen (secondary N) is 1. The average molecular weight is 274 g/mol. The normalized spacial score (nSPS) is 12.4. The molecule has 1 N–H and O–H groups in total. The minimum absolute atomic E-state index is 0.291. The van der Waals surface area contributed by atoms with Crippen LogP contribution in [0.15, 0.2) is 42.5 Å². The van der Waals surface area contributed by atoms with Crippen LogP contribution in [0.2, 0.25) is 5.02 Å². The molecular weight excluding hydrogens is 254 g/mol. The number of benzene rings is 2. The van der Waals surface area contributed by atoms with Gasteiger partial charge in [0.15, 0.2) is 0 Å². The fraction of sp³-hybridized carbons (Fsp3) is 0.294. The Morgan fingerprint density at radius 1 is 1.05 bits per heavy atom. The van der Waals surface area contributed by atoms with E-state index in [4.69, 9.17) is 11.6 Å². The molecule has 2 aromatic carbocycles. The molecule has 0 bridgehead atoms. The fourth-order valence-corrected chi connectivity index (χ4v) is 2.73. The summed E-state index contributed by atoms with van der Waals surface area (Å²) in [7, 11) is 2.00. The Kier molecular flexibility index (Phi) is 4.62. The lowest BCUT2D eigenvalue weighted by atomic mass is 9.97. The zero-order chi connectivity index (χ0) is 13.8. The summed E-state index contributed by atoms with van der Waals surface area (Å²) in [5.41, 5.74) is 5.09. The van der Waals surface area contributed by atoms with Crippen molar-refractivity contribution in [2.75, 3.05) is 7.05 Å². The summed E-state index contributed by atoms with van der Waals surface area (Å²) in [6, 6.07) is 15.2. The molecule has 0 saturated carbocycles. The van der Waals surface area contributed by atoms with Crippen LogP contribution < -0.4 is 5.32 Å². The predicted molar refractivity (Wildman–Crippen MR) is 82.9 cm³/mol. The van der Waals surface area contributed by atoms with Crippen LogP contribution in [0.3, 0.4) is 0 Å². The second-order valence-corrected chi connectivity index (χ2v) is 5.53. The largest absolute Gasteiger partial charge is 0.313 e. The van der Waals surface area contributed by atoms with E-state index in [1.807, 2.05) is 19.2 Å². The lowest BCUT2D eigenvalue weighted by Crippen LogP contribution is -2.19. The van der Waals surface area contributed by atoms with Gasteiger partial charge in [0.05, 0.1) is 0 Å². The van der Waals surface area contributed by atoms with Crippen LogP contribution >= 0.6 is 11.6 Å². The second kappa shape index (κ2) is 6.23. The van der Waals surface area contributed by atoms with E-state index in [1.54, 1.807) is 0 Å². The molecule has 0 spiro atoms. The summed E-state index contributed by atoms with van der Waals surface area (Å²) in [4.78, 5) is 0. The van der Waals surface area contributed by atoms with Crippen molar-refractivity contribution in [3.05, 3.63) is 69.7 Å². The highest BCUT2D eigenvalue weighted by Crippen LogP contribution is 2.23. The van der Waals surface area contributed by atoms with Crippen molar-refractivity contribution in [1.29, 1.82) is 0 Å². The summed E-state index contributed by atoms with van der Waals surface area (Å²) in [6.45, 7) is 4.20. The van der Waals surface area contributed by atoms with Crippen molar-refractivity contribution in [2.24, 2.45) is 0 Å². The van der Waals surface area contributed by atoms with Crippen molar-refractivity contribution in [3.63, 3.8) is 0 Å². The van der Waals surface area contributed by atoms with Gasteiger partial charge in [-0.05, 0) is 56.1 Å². The SMILES string of the molecule is CNC(Cc1cccc(C)c1)c1cc(C)cc(Cl)c1. The molecule has 19 heavy (non-hydrogen) atoms. The van der Waals surface area contributed by atoms with E-state index in [0.29, 0.717) is 6.04 Å². The van der Waals surface area contributed by atoms with Crippen LogP contribution in [0.1, 0.15) is 28.3 Å². The van der Waals surface area contributed by atoms with Crippen LogP contribution in [-0.4, -0.2) is 7.05 Å². The minimum atomic E-state index is 0.291. The number of rotatable bonds is 4. The first-order chi connectivity index (χ1) is 9.08. The van der Waals surface area contributed by atoms with E-state index in [2.05, 4.69) is 49.5 Å². The third-order valence-electron chi connectivity index (χ3n) is 3.34. The molecule has 0 aliphatic carbocycles. The zero-order valence-electron chi connectivity index (χ0n) is 11.7. The Labute approximate surface area is 120 Å². The van der Waals surface area contributed by atoms with Crippen LogP contribution in [-0.2, 0) is 6.42 Å². The molecule has 0 radical (unpaired) electrons. The van der Waals surface area contributed by atoms with E-state index in [0.717, 1.165) is 11.4 Å². The number of likely N-dealkylation sites (N-methyl/N-ethyl adjacent to an activating group) is 1. The van der Waals surface area contributed by atoms with Gasteiger partial charge in [-0.1, -0.05) is 47.5 Å². The van der Waals surface area contributed by atoms with Gasteiger partial charge in [-0.15, -0.1) is 0 Å². The Morgan fingerprint density at radius 2 is 1.84 bits per heavy atom. The summed E-state index contributed by atoms with van der Waals surface area (Å²) >= 11 is 6.15. The van der Waals surface area contributed by atoms with Crippen LogP contribution in [0.4, 0.5) is 0 Å². The first-order valence-electron chi connectivity index (χ1n) is 6.58. The number of hydrogen-bond acceptors (Lipinski definition) is 1. The second-order valence-electron chi connectivity index (χ2n) is 5.10. The van der Waals surface area contributed by atoms with Crippen LogP contribution in [0, 0.1) is 13.8 Å². The summed E-state index contributed by atoms with van der Waals surface area (Å²) < 4.78 is 0. The fourth-order valence-electron chi connectivity index (χ4n) is 2.43. The van der Waals surface area contributed by atoms with Crippen molar-refractivity contribution >= 4 is 11.6 Å². The molecule has 0 amide bonds. The van der Waals surface area contributed by atoms with E-state index in [1.165, 1.54) is 22.3 Å². The number of aryl methyl sites for hydroxylation is 2. The molecular formula is C17H20ClN. The number of hydrogen-bond donors (Lipinski definition) is 1. The van der Waals surface area contributed by atoms with Crippen molar-refractivity contribution in [1.82, 2.24) is 5.32 Å². The van der Waals surface area contributed by atoms with Gasteiger partial charge in [0.1, 0.15) is 0 Å². The quantitative estimate of drug-likeness (QED) is 0.867. The van der Waals surface area contributed by atoms with E-state index in [-0.39, 0.29) is 0 Å². The van der Waals surface area contributed by atoms with Crippen LogP contribution in [0.25, 0.3) is 0 Å². The molecule has 2 rings (SSSR count). The summed E-state index contributed by atoms with van der Waals surface area (Å²) in [5, 5.41) is 4.19. The van der Waals surface area contributed by atoms with E-state index in [9.17, 15) is 0 Å². The molecule has 0 aliphatic heterocycles. The Balaban J connectivity index is 2.24. The highest BCUT2D eigenvalue weighted by atomic mass is 35.5. The topological polar surface area (TPSA) is 12.0 Å². The molecule has 1 nitrogen and oxygen atoms in total. The lowest BCUT2D eigenvalue weighted by Gasteiger charge is -2.18. The molecule has 2 aromatic rings. The molecule has 1 unspecified atom stereocenters.